The Morgan fingerprint density at radius 3 is 2.79 bits per heavy atom. The molecule has 1 aromatic heterocycles. The first-order valence-corrected chi connectivity index (χ1v) is 9.23. The van der Waals surface area contributed by atoms with Gasteiger partial charge in [-0.2, -0.15) is 10.5 Å². The van der Waals surface area contributed by atoms with Crippen molar-refractivity contribution < 1.29 is 4.74 Å². The Kier molecular flexibility index (Phi) is 5.18. The minimum atomic E-state index is 0.418. The molecule has 1 fully saturated rings. The molecule has 3 aromatic rings. The van der Waals surface area contributed by atoms with Gasteiger partial charge in [-0.05, 0) is 54.8 Å². The van der Waals surface area contributed by atoms with Crippen LogP contribution >= 0.6 is 0 Å². The Bertz CT molecular complexity index is 1150. The number of hydrogen-bond acceptors (Lipinski definition) is 6. The normalized spacial score (nSPS) is 12.9. The van der Waals surface area contributed by atoms with Gasteiger partial charge in [-0.15, -0.1) is 0 Å². The molecular formula is C23H17N5O. The van der Waals surface area contributed by atoms with Gasteiger partial charge in [0.25, 0.3) is 0 Å². The van der Waals surface area contributed by atoms with Crippen LogP contribution in [0, 0.1) is 22.7 Å². The van der Waals surface area contributed by atoms with Gasteiger partial charge in [0.1, 0.15) is 17.6 Å². The average molecular weight is 379 g/mol. The number of nitriles is 2. The predicted molar refractivity (Wildman–Crippen MR) is 110 cm³/mol. The van der Waals surface area contributed by atoms with Gasteiger partial charge in [-0.3, -0.25) is 0 Å². The molecule has 4 rings (SSSR count). The Hall–Kier alpha value is -4.16. The summed E-state index contributed by atoms with van der Waals surface area (Å²) in [6.07, 6.45) is 7.20. The van der Waals surface area contributed by atoms with Crippen LogP contribution in [0.5, 0.6) is 11.5 Å². The summed E-state index contributed by atoms with van der Waals surface area (Å²) in [6.45, 7) is 0. The molecule has 0 bridgehead atoms. The zero-order chi connectivity index (χ0) is 20.1. The van der Waals surface area contributed by atoms with E-state index in [2.05, 4.69) is 21.4 Å². The molecule has 29 heavy (non-hydrogen) atoms. The fourth-order valence-corrected chi connectivity index (χ4v) is 2.89. The molecule has 0 saturated heterocycles. The van der Waals surface area contributed by atoms with E-state index in [9.17, 15) is 5.26 Å². The van der Waals surface area contributed by atoms with Crippen molar-refractivity contribution in [2.75, 3.05) is 5.32 Å². The van der Waals surface area contributed by atoms with Crippen LogP contribution in [0.1, 0.15) is 35.6 Å². The van der Waals surface area contributed by atoms with E-state index in [0.717, 1.165) is 16.9 Å². The molecule has 0 aliphatic heterocycles. The zero-order valence-electron chi connectivity index (χ0n) is 15.5. The SMILES string of the molecule is N#C/C=C/c1cccc(Oc2cc(Nc3nccc(C4CC4)n3)ccc2C#N)c1. The molecule has 0 spiro atoms. The summed E-state index contributed by atoms with van der Waals surface area (Å²) >= 11 is 0. The molecule has 1 aliphatic carbocycles. The van der Waals surface area contributed by atoms with Crippen LogP contribution in [-0.4, -0.2) is 9.97 Å². The second kappa shape index (κ2) is 8.24. The second-order valence-corrected chi connectivity index (χ2v) is 6.66. The number of allylic oxidation sites excluding steroid dienone is 1. The summed E-state index contributed by atoms with van der Waals surface area (Å²) in [5.74, 6) is 2.07. The summed E-state index contributed by atoms with van der Waals surface area (Å²) in [6, 6.07) is 18.6. The van der Waals surface area contributed by atoms with Gasteiger partial charge < -0.3 is 10.1 Å². The summed E-state index contributed by atoms with van der Waals surface area (Å²) < 4.78 is 5.95. The molecule has 0 amide bonds. The van der Waals surface area contributed by atoms with E-state index in [4.69, 9.17) is 10.00 Å². The molecule has 0 radical (unpaired) electrons. The summed E-state index contributed by atoms with van der Waals surface area (Å²) in [5, 5.41) is 21.3. The summed E-state index contributed by atoms with van der Waals surface area (Å²) in [4.78, 5) is 8.84. The molecule has 6 heteroatoms. The molecular weight excluding hydrogens is 362 g/mol. The van der Waals surface area contributed by atoms with Gasteiger partial charge in [0.2, 0.25) is 5.95 Å². The van der Waals surface area contributed by atoms with Crippen molar-refractivity contribution in [2.45, 2.75) is 18.8 Å². The highest BCUT2D eigenvalue weighted by Crippen LogP contribution is 2.39. The molecule has 6 nitrogen and oxygen atoms in total. The minimum Gasteiger partial charge on any atom is -0.456 e. The first-order chi connectivity index (χ1) is 14.2. The zero-order valence-corrected chi connectivity index (χ0v) is 15.5. The standard InChI is InChI=1S/C23H17N5O/c24-11-2-4-16-3-1-5-20(13-16)29-22-14-19(9-8-18(22)15-25)27-23-26-12-10-21(28-23)17-6-7-17/h1-5,8-10,12-14,17H,6-7H2,(H,26,27,28)/b4-2+. The van der Waals surface area contributed by atoms with Gasteiger partial charge in [0.15, 0.2) is 0 Å². The molecule has 1 heterocycles. The Morgan fingerprint density at radius 1 is 1.10 bits per heavy atom. The third kappa shape index (κ3) is 4.58. The van der Waals surface area contributed by atoms with E-state index in [1.807, 2.05) is 24.3 Å². The van der Waals surface area contributed by atoms with Gasteiger partial charge in [0.05, 0.1) is 11.6 Å². The Balaban J connectivity index is 1.57. The van der Waals surface area contributed by atoms with Crippen LogP contribution in [0.15, 0.2) is 60.8 Å². The van der Waals surface area contributed by atoms with Crippen LogP contribution in [0.4, 0.5) is 11.6 Å². The summed E-state index contributed by atoms with van der Waals surface area (Å²) in [5.41, 5.74) is 3.03. The van der Waals surface area contributed by atoms with Crippen molar-refractivity contribution in [3.8, 4) is 23.6 Å². The smallest absolute Gasteiger partial charge is 0.227 e. The molecule has 1 N–H and O–H groups in total. The molecule has 2 aromatic carbocycles. The highest BCUT2D eigenvalue weighted by molar-refractivity contribution is 5.61. The lowest BCUT2D eigenvalue weighted by atomic mass is 10.2. The highest BCUT2D eigenvalue weighted by Gasteiger charge is 2.25. The third-order valence-electron chi connectivity index (χ3n) is 4.47. The maximum Gasteiger partial charge on any atom is 0.227 e. The van der Waals surface area contributed by atoms with Crippen molar-refractivity contribution in [1.82, 2.24) is 9.97 Å². The number of ether oxygens (including phenoxy) is 1. The number of aromatic nitrogens is 2. The largest absolute Gasteiger partial charge is 0.456 e. The lowest BCUT2D eigenvalue weighted by molar-refractivity contribution is 0.481. The van der Waals surface area contributed by atoms with Gasteiger partial charge in [-0.1, -0.05) is 12.1 Å². The minimum absolute atomic E-state index is 0.418. The van der Waals surface area contributed by atoms with Gasteiger partial charge >= 0.3 is 0 Å². The van der Waals surface area contributed by atoms with Gasteiger partial charge in [-0.25, -0.2) is 9.97 Å². The van der Waals surface area contributed by atoms with Crippen molar-refractivity contribution in [3.63, 3.8) is 0 Å². The number of nitrogens with one attached hydrogen (secondary N) is 1. The lowest BCUT2D eigenvalue weighted by Crippen LogP contribution is -2.00. The van der Waals surface area contributed by atoms with Crippen LogP contribution in [0.3, 0.4) is 0 Å². The van der Waals surface area contributed by atoms with Gasteiger partial charge in [0, 0.05) is 35.6 Å². The first kappa shape index (κ1) is 18.2. The topological polar surface area (TPSA) is 94.6 Å². The van der Waals surface area contributed by atoms with Crippen LogP contribution in [-0.2, 0) is 0 Å². The summed E-state index contributed by atoms with van der Waals surface area (Å²) in [7, 11) is 0. The predicted octanol–water partition coefficient (Wildman–Crippen LogP) is 5.30. The molecule has 1 aliphatic rings. The lowest BCUT2D eigenvalue weighted by Gasteiger charge is -2.11. The number of benzene rings is 2. The number of hydrogen-bond donors (Lipinski definition) is 1. The third-order valence-corrected chi connectivity index (χ3v) is 4.47. The second-order valence-electron chi connectivity index (χ2n) is 6.66. The number of anilines is 2. The number of nitrogens with zero attached hydrogens (tertiary/aromatic N) is 4. The van der Waals surface area contributed by atoms with Crippen molar-refractivity contribution in [2.24, 2.45) is 0 Å². The molecule has 0 unspecified atom stereocenters. The number of rotatable bonds is 6. The fraction of sp³-hybridized carbons (Fsp3) is 0.130. The monoisotopic (exact) mass is 379 g/mol. The van der Waals surface area contributed by atoms with Crippen molar-refractivity contribution >= 4 is 17.7 Å². The average Bonchev–Trinajstić information content (AvgIpc) is 3.59. The van der Waals surface area contributed by atoms with E-state index < -0.39 is 0 Å². The van der Waals surface area contributed by atoms with Crippen LogP contribution in [0.25, 0.3) is 6.08 Å². The fourth-order valence-electron chi connectivity index (χ4n) is 2.89. The van der Waals surface area contributed by atoms with E-state index in [1.165, 1.54) is 18.9 Å². The van der Waals surface area contributed by atoms with Crippen LogP contribution in [0.2, 0.25) is 0 Å². The Labute approximate surface area is 168 Å². The molecule has 1 saturated carbocycles. The Morgan fingerprint density at radius 2 is 2.00 bits per heavy atom. The molecule has 0 atom stereocenters. The maximum absolute atomic E-state index is 9.43. The van der Waals surface area contributed by atoms with E-state index in [0.29, 0.717) is 28.9 Å². The van der Waals surface area contributed by atoms with Crippen LogP contribution < -0.4 is 10.1 Å². The van der Waals surface area contributed by atoms with Crippen molar-refractivity contribution in [3.05, 3.63) is 77.6 Å². The van der Waals surface area contributed by atoms with Crippen molar-refractivity contribution in [1.29, 1.82) is 10.5 Å². The van der Waals surface area contributed by atoms with E-state index in [-0.39, 0.29) is 0 Å². The highest BCUT2D eigenvalue weighted by atomic mass is 16.5. The maximum atomic E-state index is 9.43. The van der Waals surface area contributed by atoms with E-state index >= 15 is 0 Å². The first-order valence-electron chi connectivity index (χ1n) is 9.23. The van der Waals surface area contributed by atoms with E-state index in [1.54, 1.807) is 42.6 Å². The quantitative estimate of drug-likeness (QED) is 0.584. The molecule has 140 valence electrons.